The van der Waals surface area contributed by atoms with Gasteiger partial charge in [-0.1, -0.05) is 43.2 Å². The Morgan fingerprint density at radius 2 is 1.79 bits per heavy atom. The maximum Gasteiger partial charge on any atom is 0.221 e. The van der Waals surface area contributed by atoms with Gasteiger partial charge in [0.2, 0.25) is 5.91 Å². The molecule has 0 aromatic heterocycles. The van der Waals surface area contributed by atoms with Crippen LogP contribution >= 0.6 is 24.0 Å². The molecule has 0 unspecified atom stereocenters. The molecule has 1 aliphatic carbocycles. The molecule has 1 amide bonds. The summed E-state index contributed by atoms with van der Waals surface area (Å²) in [4.78, 5) is 21.2. The van der Waals surface area contributed by atoms with Crippen molar-refractivity contribution in [2.45, 2.75) is 44.7 Å². The van der Waals surface area contributed by atoms with Crippen molar-refractivity contribution in [3.05, 3.63) is 35.9 Å². The van der Waals surface area contributed by atoms with Gasteiger partial charge in [-0.2, -0.15) is 0 Å². The van der Waals surface area contributed by atoms with Crippen LogP contribution in [0, 0.1) is 0 Å². The van der Waals surface area contributed by atoms with Crippen LogP contribution in [0.3, 0.4) is 0 Å². The van der Waals surface area contributed by atoms with E-state index in [0.717, 1.165) is 51.5 Å². The summed E-state index contributed by atoms with van der Waals surface area (Å²) in [6.07, 6.45) is 5.25. The number of rotatable bonds is 6. The van der Waals surface area contributed by atoms with E-state index in [1.165, 1.54) is 18.4 Å². The molecule has 1 aromatic carbocycles. The molecule has 2 fully saturated rings. The minimum absolute atomic E-state index is 0. The average Bonchev–Trinajstić information content (AvgIpc) is 3.20. The lowest BCUT2D eigenvalue weighted by molar-refractivity contribution is -0.121. The van der Waals surface area contributed by atoms with Crippen molar-refractivity contribution < 1.29 is 4.79 Å². The second-order valence-electron chi connectivity index (χ2n) is 7.52. The third-order valence-electron chi connectivity index (χ3n) is 5.49. The molecule has 28 heavy (non-hydrogen) atoms. The van der Waals surface area contributed by atoms with Crippen LogP contribution in [0.4, 0.5) is 0 Å². The van der Waals surface area contributed by atoms with E-state index in [1.54, 1.807) is 0 Å². The molecule has 0 spiro atoms. The average molecular weight is 499 g/mol. The van der Waals surface area contributed by atoms with Crippen molar-refractivity contribution in [2.75, 3.05) is 39.8 Å². The number of aliphatic imine (C=N–C) groups is 1. The third kappa shape index (κ3) is 7.24. The highest BCUT2D eigenvalue weighted by Gasteiger charge is 2.20. The van der Waals surface area contributed by atoms with E-state index in [1.807, 2.05) is 7.05 Å². The first-order chi connectivity index (χ1) is 13.2. The summed E-state index contributed by atoms with van der Waals surface area (Å²) in [5, 5.41) is 6.50. The zero-order valence-electron chi connectivity index (χ0n) is 16.9. The second kappa shape index (κ2) is 12.3. The molecule has 156 valence electrons. The number of guanidine groups is 1. The molecule has 1 saturated carbocycles. The van der Waals surface area contributed by atoms with Crippen molar-refractivity contribution in [3.8, 4) is 0 Å². The third-order valence-corrected chi connectivity index (χ3v) is 5.49. The molecule has 0 bridgehead atoms. The van der Waals surface area contributed by atoms with Crippen LogP contribution in [0.1, 0.15) is 37.7 Å². The van der Waals surface area contributed by atoms with Gasteiger partial charge in [-0.3, -0.25) is 14.7 Å². The fourth-order valence-electron chi connectivity index (χ4n) is 3.95. The van der Waals surface area contributed by atoms with Crippen molar-refractivity contribution >= 4 is 35.8 Å². The van der Waals surface area contributed by atoms with E-state index >= 15 is 0 Å². The van der Waals surface area contributed by atoms with Gasteiger partial charge < -0.3 is 15.5 Å². The van der Waals surface area contributed by atoms with E-state index in [4.69, 9.17) is 0 Å². The minimum atomic E-state index is 0. The summed E-state index contributed by atoms with van der Waals surface area (Å²) in [5.41, 5.74) is 1.36. The van der Waals surface area contributed by atoms with Gasteiger partial charge in [-0.05, 0) is 18.4 Å². The number of hydrogen-bond donors (Lipinski definition) is 2. The Kier molecular flexibility index (Phi) is 10.0. The molecule has 2 N–H and O–H groups in total. The standard InChI is InChI=1S/C21H33N5O.HI/c1-22-21(23-12-11-20(27)24-19-9-5-6-10-19)26-15-13-25(14-16-26)17-18-7-3-2-4-8-18;/h2-4,7-8,19H,5-6,9-17H2,1H3,(H,22,23)(H,24,27);1H. The predicted octanol–water partition coefficient (Wildman–Crippen LogP) is 2.45. The van der Waals surface area contributed by atoms with Gasteiger partial charge in [-0.25, -0.2) is 0 Å². The second-order valence-corrected chi connectivity index (χ2v) is 7.52. The highest BCUT2D eigenvalue weighted by atomic mass is 127. The number of carbonyl (C=O) groups excluding carboxylic acids is 1. The topological polar surface area (TPSA) is 60.0 Å². The molecule has 3 rings (SSSR count). The Morgan fingerprint density at radius 1 is 1.11 bits per heavy atom. The SMILES string of the molecule is CN=C(NCCC(=O)NC1CCCC1)N1CCN(Cc2ccccc2)CC1.I. The van der Waals surface area contributed by atoms with Gasteiger partial charge in [0.15, 0.2) is 5.96 Å². The fraction of sp³-hybridized carbons (Fsp3) is 0.619. The van der Waals surface area contributed by atoms with Crippen LogP contribution in [0.5, 0.6) is 0 Å². The van der Waals surface area contributed by atoms with Crippen LogP contribution in [0.2, 0.25) is 0 Å². The molecule has 0 radical (unpaired) electrons. The Bertz CT molecular complexity index is 610. The molecule has 6 nitrogen and oxygen atoms in total. The highest BCUT2D eigenvalue weighted by molar-refractivity contribution is 14.0. The lowest BCUT2D eigenvalue weighted by Gasteiger charge is -2.36. The van der Waals surface area contributed by atoms with Crippen molar-refractivity contribution in [2.24, 2.45) is 4.99 Å². The highest BCUT2D eigenvalue weighted by Crippen LogP contribution is 2.17. The van der Waals surface area contributed by atoms with Gasteiger partial charge in [0.25, 0.3) is 0 Å². The van der Waals surface area contributed by atoms with Gasteiger partial charge in [0, 0.05) is 58.8 Å². The zero-order chi connectivity index (χ0) is 18.9. The van der Waals surface area contributed by atoms with Gasteiger partial charge in [-0.15, -0.1) is 24.0 Å². The number of carbonyl (C=O) groups is 1. The summed E-state index contributed by atoms with van der Waals surface area (Å²) in [7, 11) is 1.82. The molecule has 0 atom stereocenters. The fourth-order valence-corrected chi connectivity index (χ4v) is 3.95. The number of piperazine rings is 1. The Labute approximate surface area is 186 Å². The molecule has 1 aliphatic heterocycles. The van der Waals surface area contributed by atoms with Gasteiger partial charge >= 0.3 is 0 Å². The van der Waals surface area contributed by atoms with E-state index < -0.39 is 0 Å². The summed E-state index contributed by atoms with van der Waals surface area (Å²) in [6, 6.07) is 11.0. The van der Waals surface area contributed by atoms with E-state index in [2.05, 4.69) is 55.8 Å². The summed E-state index contributed by atoms with van der Waals surface area (Å²) < 4.78 is 0. The number of hydrogen-bond acceptors (Lipinski definition) is 3. The number of halogens is 1. The normalized spacial score (nSPS) is 18.6. The first-order valence-electron chi connectivity index (χ1n) is 10.3. The smallest absolute Gasteiger partial charge is 0.221 e. The monoisotopic (exact) mass is 499 g/mol. The van der Waals surface area contributed by atoms with Crippen LogP contribution in [0.15, 0.2) is 35.3 Å². The van der Waals surface area contributed by atoms with Crippen molar-refractivity contribution in [3.63, 3.8) is 0 Å². The molecule has 7 heteroatoms. The Balaban J connectivity index is 0.00000280. The molecular formula is C21H34IN5O. The number of amides is 1. The van der Waals surface area contributed by atoms with E-state index in [0.29, 0.717) is 19.0 Å². The van der Waals surface area contributed by atoms with Gasteiger partial charge in [0.05, 0.1) is 0 Å². The van der Waals surface area contributed by atoms with E-state index in [9.17, 15) is 4.79 Å². The summed E-state index contributed by atoms with van der Waals surface area (Å²) in [6.45, 7) is 5.61. The van der Waals surface area contributed by atoms with Crippen molar-refractivity contribution in [1.82, 2.24) is 20.4 Å². The summed E-state index contributed by atoms with van der Waals surface area (Å²) in [5.74, 6) is 1.06. The van der Waals surface area contributed by atoms with Crippen LogP contribution in [-0.2, 0) is 11.3 Å². The maximum atomic E-state index is 12.1. The quantitative estimate of drug-likeness (QED) is 0.359. The Morgan fingerprint density at radius 3 is 2.43 bits per heavy atom. The molecule has 2 aliphatic rings. The lowest BCUT2D eigenvalue weighted by Crippen LogP contribution is -2.52. The lowest BCUT2D eigenvalue weighted by atomic mass is 10.2. The summed E-state index contributed by atoms with van der Waals surface area (Å²) >= 11 is 0. The number of benzene rings is 1. The van der Waals surface area contributed by atoms with Crippen LogP contribution in [-0.4, -0.2) is 67.5 Å². The zero-order valence-corrected chi connectivity index (χ0v) is 19.2. The Hall–Kier alpha value is -1.35. The maximum absolute atomic E-state index is 12.1. The first kappa shape index (κ1) is 22.9. The van der Waals surface area contributed by atoms with Crippen molar-refractivity contribution in [1.29, 1.82) is 0 Å². The van der Waals surface area contributed by atoms with Crippen LogP contribution in [0.25, 0.3) is 0 Å². The molecular weight excluding hydrogens is 465 g/mol. The molecule has 1 aromatic rings. The molecule has 1 saturated heterocycles. The molecule has 1 heterocycles. The first-order valence-corrected chi connectivity index (χ1v) is 10.3. The van der Waals surface area contributed by atoms with E-state index in [-0.39, 0.29) is 29.9 Å². The number of nitrogens with one attached hydrogen (secondary N) is 2. The number of nitrogens with zero attached hydrogens (tertiary/aromatic N) is 3. The predicted molar refractivity (Wildman–Crippen MR) is 125 cm³/mol. The largest absolute Gasteiger partial charge is 0.356 e. The van der Waals surface area contributed by atoms with Gasteiger partial charge in [0.1, 0.15) is 0 Å². The minimum Gasteiger partial charge on any atom is -0.356 e. The van der Waals surface area contributed by atoms with Crippen LogP contribution < -0.4 is 10.6 Å².